The van der Waals surface area contributed by atoms with Gasteiger partial charge < -0.3 is 10.4 Å². The van der Waals surface area contributed by atoms with Gasteiger partial charge in [-0.3, -0.25) is 0 Å². The lowest BCUT2D eigenvalue weighted by atomic mass is 10.5. The Morgan fingerprint density at radius 2 is 2.54 bits per heavy atom. The van der Waals surface area contributed by atoms with Crippen molar-refractivity contribution in [2.45, 2.75) is 24.5 Å². The normalized spacial score (nSPS) is 28.4. The molecule has 1 aliphatic heterocycles. The summed E-state index contributed by atoms with van der Waals surface area (Å²) in [6.45, 7) is 6.63. The van der Waals surface area contributed by atoms with Crippen LogP contribution in [0, 0.1) is 0 Å². The van der Waals surface area contributed by atoms with Crippen molar-refractivity contribution in [2.24, 2.45) is 0 Å². The molecule has 1 heterocycles. The molecule has 2 unspecified atom stereocenters. The van der Waals surface area contributed by atoms with E-state index in [0.717, 1.165) is 19.0 Å². The smallest absolute Gasteiger partial charge is 0.0641 e. The number of nitrogens with one attached hydrogen (secondary N) is 1. The lowest BCUT2D eigenvalue weighted by Gasteiger charge is -2.26. The number of hydrogen-bond donors (Lipinski definition) is 2. The van der Waals surface area contributed by atoms with Crippen molar-refractivity contribution >= 4 is 23.7 Å². The van der Waals surface area contributed by atoms with Crippen LogP contribution in [0.2, 0.25) is 0 Å². The standard InChI is InChI=1S/C8H18N2OS2/c1-7(5-11)13-10-4-3-9-6-12-8(10)2/h7-9,11H,3-6H2,1-2H3. The molecule has 0 amide bonds. The summed E-state index contributed by atoms with van der Waals surface area (Å²) in [6.07, 6.45) is 0. The quantitative estimate of drug-likeness (QED) is 0.696. The topological polar surface area (TPSA) is 35.5 Å². The Balaban J connectivity index is 2.35. The zero-order chi connectivity index (χ0) is 9.68. The molecule has 0 saturated carbocycles. The molecule has 0 radical (unpaired) electrons. The zero-order valence-corrected chi connectivity index (χ0v) is 9.83. The monoisotopic (exact) mass is 222 g/mol. The third-order valence-corrected chi connectivity index (χ3v) is 4.43. The molecule has 2 N–H and O–H groups in total. The summed E-state index contributed by atoms with van der Waals surface area (Å²) in [5.74, 6) is 1.03. The first-order valence-electron chi connectivity index (χ1n) is 4.60. The number of nitrogens with zero attached hydrogens (tertiary/aromatic N) is 1. The minimum atomic E-state index is 0.256. The van der Waals surface area contributed by atoms with E-state index in [1.165, 1.54) is 0 Å². The summed E-state index contributed by atoms with van der Waals surface area (Å²) in [5.41, 5.74) is 0. The van der Waals surface area contributed by atoms with Gasteiger partial charge in [-0.25, -0.2) is 4.31 Å². The van der Waals surface area contributed by atoms with E-state index in [9.17, 15) is 0 Å². The second kappa shape index (κ2) is 6.14. The second-order valence-electron chi connectivity index (χ2n) is 3.15. The first kappa shape index (κ1) is 11.7. The molecule has 5 heteroatoms. The Morgan fingerprint density at radius 3 is 3.23 bits per heavy atom. The molecule has 13 heavy (non-hydrogen) atoms. The summed E-state index contributed by atoms with van der Waals surface area (Å²) in [6, 6.07) is 0. The van der Waals surface area contributed by atoms with Gasteiger partial charge in [0.1, 0.15) is 0 Å². The highest BCUT2D eigenvalue weighted by Gasteiger charge is 2.19. The van der Waals surface area contributed by atoms with E-state index in [0.29, 0.717) is 10.6 Å². The number of aliphatic hydroxyl groups excluding tert-OH is 1. The Hall–Kier alpha value is 0.580. The van der Waals surface area contributed by atoms with E-state index in [-0.39, 0.29) is 6.61 Å². The lowest BCUT2D eigenvalue weighted by Crippen LogP contribution is -2.29. The molecule has 0 bridgehead atoms. The van der Waals surface area contributed by atoms with E-state index in [4.69, 9.17) is 5.11 Å². The number of thioether (sulfide) groups is 1. The number of aliphatic hydroxyl groups is 1. The number of hydrogen-bond acceptors (Lipinski definition) is 5. The molecule has 1 saturated heterocycles. The highest BCUT2D eigenvalue weighted by atomic mass is 32.2. The highest BCUT2D eigenvalue weighted by molar-refractivity contribution is 8.02. The summed E-state index contributed by atoms with van der Waals surface area (Å²) < 4.78 is 2.35. The molecule has 3 nitrogen and oxygen atoms in total. The van der Waals surface area contributed by atoms with E-state index in [1.54, 1.807) is 11.9 Å². The molecule has 78 valence electrons. The highest BCUT2D eigenvalue weighted by Crippen LogP contribution is 2.26. The molecule has 1 fully saturated rings. The Kier molecular flexibility index (Phi) is 5.50. The Labute approximate surface area is 88.8 Å². The first-order chi connectivity index (χ1) is 6.24. The summed E-state index contributed by atoms with van der Waals surface area (Å²) in [7, 11) is 0. The molecule has 0 aliphatic carbocycles. The van der Waals surface area contributed by atoms with Crippen LogP contribution in [0.5, 0.6) is 0 Å². The molecule has 0 aromatic heterocycles. The van der Waals surface area contributed by atoms with Crippen LogP contribution < -0.4 is 5.32 Å². The van der Waals surface area contributed by atoms with Crippen LogP contribution in [-0.2, 0) is 0 Å². The second-order valence-corrected chi connectivity index (χ2v) is 5.94. The van der Waals surface area contributed by atoms with E-state index >= 15 is 0 Å². The molecular formula is C8H18N2OS2. The molecule has 0 aromatic rings. The van der Waals surface area contributed by atoms with Gasteiger partial charge in [-0.2, -0.15) is 0 Å². The van der Waals surface area contributed by atoms with Crippen molar-refractivity contribution in [1.82, 2.24) is 9.62 Å². The maximum atomic E-state index is 8.95. The maximum Gasteiger partial charge on any atom is 0.0641 e. The van der Waals surface area contributed by atoms with Crippen LogP contribution in [0.3, 0.4) is 0 Å². The molecule has 0 aromatic carbocycles. The van der Waals surface area contributed by atoms with E-state index in [2.05, 4.69) is 23.5 Å². The Bertz CT molecular complexity index is 148. The van der Waals surface area contributed by atoms with Crippen LogP contribution >= 0.6 is 23.7 Å². The van der Waals surface area contributed by atoms with Crippen molar-refractivity contribution in [2.75, 3.05) is 25.6 Å². The SMILES string of the molecule is CC(CO)SN1CCNCSC1C. The van der Waals surface area contributed by atoms with Crippen LogP contribution in [0.4, 0.5) is 0 Å². The summed E-state index contributed by atoms with van der Waals surface area (Å²) in [5, 5.41) is 13.1. The molecular weight excluding hydrogens is 204 g/mol. The zero-order valence-electron chi connectivity index (χ0n) is 8.19. The van der Waals surface area contributed by atoms with Crippen LogP contribution in [0.25, 0.3) is 0 Å². The van der Waals surface area contributed by atoms with E-state index < -0.39 is 0 Å². The Morgan fingerprint density at radius 1 is 1.77 bits per heavy atom. The fourth-order valence-electron chi connectivity index (χ4n) is 1.11. The van der Waals surface area contributed by atoms with Crippen molar-refractivity contribution in [3.8, 4) is 0 Å². The van der Waals surface area contributed by atoms with Crippen molar-refractivity contribution in [3.63, 3.8) is 0 Å². The third kappa shape index (κ3) is 4.08. The molecule has 1 aliphatic rings. The van der Waals surface area contributed by atoms with Crippen molar-refractivity contribution in [3.05, 3.63) is 0 Å². The van der Waals surface area contributed by atoms with Gasteiger partial charge in [-0.1, -0.05) is 11.9 Å². The minimum absolute atomic E-state index is 0.256. The van der Waals surface area contributed by atoms with Crippen LogP contribution in [0.1, 0.15) is 13.8 Å². The van der Waals surface area contributed by atoms with Gasteiger partial charge in [0.25, 0.3) is 0 Å². The fourth-order valence-corrected chi connectivity index (χ4v) is 3.11. The molecule has 1 rings (SSSR count). The maximum absolute atomic E-state index is 8.95. The van der Waals surface area contributed by atoms with Gasteiger partial charge in [-0.15, -0.1) is 11.8 Å². The van der Waals surface area contributed by atoms with E-state index in [1.807, 2.05) is 11.8 Å². The fraction of sp³-hybridized carbons (Fsp3) is 1.00. The first-order valence-corrected chi connectivity index (χ1v) is 6.49. The minimum Gasteiger partial charge on any atom is -0.395 e. The summed E-state index contributed by atoms with van der Waals surface area (Å²) >= 11 is 3.68. The predicted octanol–water partition coefficient (Wildman–Crippen LogP) is 0.957. The van der Waals surface area contributed by atoms with Gasteiger partial charge in [-0.05, 0) is 13.8 Å². The molecule has 2 atom stereocenters. The van der Waals surface area contributed by atoms with Crippen LogP contribution in [-0.4, -0.2) is 45.6 Å². The van der Waals surface area contributed by atoms with Crippen molar-refractivity contribution in [1.29, 1.82) is 0 Å². The van der Waals surface area contributed by atoms with Gasteiger partial charge in [0.05, 0.1) is 12.0 Å². The van der Waals surface area contributed by atoms with Crippen LogP contribution in [0.15, 0.2) is 0 Å². The molecule has 0 spiro atoms. The van der Waals surface area contributed by atoms with Gasteiger partial charge in [0.15, 0.2) is 0 Å². The third-order valence-electron chi connectivity index (χ3n) is 1.91. The number of rotatable bonds is 3. The average molecular weight is 222 g/mol. The van der Waals surface area contributed by atoms with Crippen molar-refractivity contribution < 1.29 is 5.11 Å². The summed E-state index contributed by atoms with van der Waals surface area (Å²) in [4.78, 5) is 0. The predicted molar refractivity (Wildman–Crippen MR) is 60.8 cm³/mol. The van der Waals surface area contributed by atoms with Gasteiger partial charge in [0, 0.05) is 24.2 Å². The average Bonchev–Trinajstić information content (AvgIpc) is 2.32. The lowest BCUT2D eigenvalue weighted by molar-refractivity contribution is 0.297. The largest absolute Gasteiger partial charge is 0.395 e. The van der Waals surface area contributed by atoms with Gasteiger partial charge in [0.2, 0.25) is 0 Å². The van der Waals surface area contributed by atoms with Gasteiger partial charge >= 0.3 is 0 Å².